The Balaban J connectivity index is 3.32. The Labute approximate surface area is 44.9 Å². The molecular formula is H3NO4S2. The summed E-state index contributed by atoms with van der Waals surface area (Å²) in [7, 11) is 0. The van der Waals surface area contributed by atoms with Gasteiger partial charge in [-0.25, -0.2) is 8.42 Å². The van der Waals surface area contributed by atoms with E-state index < -0.39 is 22.5 Å². The monoisotopic (exact) mass is 145 g/mol. The quantitative estimate of drug-likeness (QED) is 0.428. The number of rotatable bonds is 2. The predicted molar refractivity (Wildman–Crippen MR) is 24.7 cm³/mol. The van der Waals surface area contributed by atoms with Crippen LogP contribution in [0.1, 0.15) is 0 Å². The highest BCUT2D eigenvalue weighted by molar-refractivity contribution is 7.93. The molecule has 2 atom stereocenters. The van der Waals surface area contributed by atoms with Crippen molar-refractivity contribution < 1.29 is 17.5 Å². The van der Waals surface area contributed by atoms with E-state index in [0.717, 1.165) is 0 Å². The van der Waals surface area contributed by atoms with E-state index in [0.29, 0.717) is 0 Å². The van der Waals surface area contributed by atoms with E-state index in [1.54, 1.807) is 0 Å². The Morgan fingerprint density at radius 1 is 1.14 bits per heavy atom. The van der Waals surface area contributed by atoms with Gasteiger partial charge in [-0.05, 0) is 0 Å². The van der Waals surface area contributed by atoms with E-state index >= 15 is 0 Å². The van der Waals surface area contributed by atoms with Gasteiger partial charge < -0.3 is 0 Å². The molecule has 0 radical (unpaired) electrons. The van der Waals surface area contributed by atoms with Gasteiger partial charge in [-0.1, -0.05) is 0 Å². The summed E-state index contributed by atoms with van der Waals surface area (Å²) in [5, 5.41) is 0. The van der Waals surface area contributed by atoms with Crippen LogP contribution in [0.5, 0.6) is 0 Å². The van der Waals surface area contributed by atoms with Crippen LogP contribution >= 0.6 is 0 Å². The third kappa shape index (κ3) is 6.18. The highest BCUT2D eigenvalue weighted by Gasteiger charge is 1.92. The summed E-state index contributed by atoms with van der Waals surface area (Å²) < 4.78 is 35.7. The van der Waals surface area contributed by atoms with Gasteiger partial charge in [0, 0.05) is 0 Å². The Bertz CT molecular complexity index is 85.9. The van der Waals surface area contributed by atoms with Crippen molar-refractivity contribution in [3.05, 3.63) is 0 Å². The van der Waals surface area contributed by atoms with Gasteiger partial charge in [-0.3, -0.25) is 9.11 Å². The van der Waals surface area contributed by atoms with Crippen molar-refractivity contribution in [3.8, 4) is 0 Å². The summed E-state index contributed by atoms with van der Waals surface area (Å²) in [5.41, 5.74) is 0. The van der Waals surface area contributed by atoms with Crippen molar-refractivity contribution in [2.24, 2.45) is 0 Å². The maximum Gasteiger partial charge on any atom is 0.245 e. The Hall–Kier alpha value is 0.180. The van der Waals surface area contributed by atoms with Gasteiger partial charge in [0.1, 0.15) is 0 Å². The number of hydrogen-bond acceptors (Lipinski definition) is 2. The van der Waals surface area contributed by atoms with Crippen LogP contribution in [0.25, 0.3) is 0 Å². The van der Waals surface area contributed by atoms with E-state index in [9.17, 15) is 8.42 Å². The first kappa shape index (κ1) is 7.18. The Kier molecular flexibility index (Phi) is 3.30. The highest BCUT2D eigenvalue weighted by atomic mass is 32.3. The van der Waals surface area contributed by atoms with E-state index in [4.69, 9.17) is 9.11 Å². The lowest BCUT2D eigenvalue weighted by Gasteiger charge is -1.85. The fourth-order valence-corrected chi connectivity index (χ4v) is 0.549. The van der Waals surface area contributed by atoms with Gasteiger partial charge in [-0.15, -0.1) is 4.13 Å². The van der Waals surface area contributed by atoms with Crippen molar-refractivity contribution in [1.29, 1.82) is 0 Å². The molecule has 0 spiro atoms. The van der Waals surface area contributed by atoms with E-state index in [1.807, 2.05) is 0 Å². The van der Waals surface area contributed by atoms with Crippen LogP contribution in [-0.4, -0.2) is 17.5 Å². The number of hydrogen-bond donors (Lipinski definition) is 3. The standard InChI is InChI=1S/H3NO4S2/c2-6(3)1-7(4)5/h1H,(H,2,3)(H,4,5). The minimum Gasteiger partial charge on any atom is -0.293 e. The summed E-state index contributed by atoms with van der Waals surface area (Å²) >= 11 is -4.79. The zero-order valence-electron chi connectivity index (χ0n) is 3.03. The summed E-state index contributed by atoms with van der Waals surface area (Å²) in [6.07, 6.45) is 0. The molecule has 0 aliphatic rings. The molecule has 7 heteroatoms. The molecule has 0 fully saturated rings. The van der Waals surface area contributed by atoms with E-state index in [2.05, 4.69) is 0 Å². The zero-order valence-corrected chi connectivity index (χ0v) is 4.66. The fraction of sp³-hybridized carbons (Fsp3) is 0. The average Bonchev–Trinajstić information content (AvgIpc) is 1.27. The first-order valence-electron chi connectivity index (χ1n) is 1.11. The second-order valence-corrected chi connectivity index (χ2v) is 2.24. The fourth-order valence-electron chi connectivity index (χ4n) is 0.0610. The molecule has 2 unspecified atom stereocenters. The predicted octanol–water partition coefficient (Wildman–Crippen LogP) is -1.15. The summed E-state index contributed by atoms with van der Waals surface area (Å²) in [6.45, 7) is 0. The SMILES string of the molecule is O=S(O)NS(=O)O. The van der Waals surface area contributed by atoms with Crippen LogP contribution in [0, 0.1) is 0 Å². The Morgan fingerprint density at radius 2 is 1.43 bits per heavy atom. The van der Waals surface area contributed by atoms with Crippen molar-refractivity contribution in [2.45, 2.75) is 0 Å². The topological polar surface area (TPSA) is 86.6 Å². The molecule has 0 aromatic carbocycles. The molecule has 0 heterocycles. The van der Waals surface area contributed by atoms with Crippen molar-refractivity contribution >= 4 is 22.5 Å². The van der Waals surface area contributed by atoms with E-state index in [1.165, 1.54) is 4.13 Å². The van der Waals surface area contributed by atoms with Gasteiger partial charge in [0.25, 0.3) is 0 Å². The molecule has 0 saturated carbocycles. The smallest absolute Gasteiger partial charge is 0.245 e. The first-order valence-corrected chi connectivity index (χ1v) is 3.32. The first-order chi connectivity index (χ1) is 3.13. The largest absolute Gasteiger partial charge is 0.293 e. The van der Waals surface area contributed by atoms with Gasteiger partial charge in [0.15, 0.2) is 0 Å². The number of nitrogens with one attached hydrogen (secondary N) is 1. The molecule has 0 aromatic heterocycles. The molecule has 0 saturated heterocycles. The molecular weight excluding hydrogens is 142 g/mol. The second kappa shape index (κ2) is 3.22. The van der Waals surface area contributed by atoms with Crippen molar-refractivity contribution in [2.75, 3.05) is 0 Å². The lowest BCUT2D eigenvalue weighted by Crippen LogP contribution is -2.17. The second-order valence-electron chi connectivity index (χ2n) is 0.582. The van der Waals surface area contributed by atoms with Crippen LogP contribution < -0.4 is 4.13 Å². The van der Waals surface area contributed by atoms with Crippen molar-refractivity contribution in [1.82, 2.24) is 4.13 Å². The van der Waals surface area contributed by atoms with Gasteiger partial charge in [0.05, 0.1) is 0 Å². The molecule has 3 N–H and O–H groups in total. The molecule has 7 heavy (non-hydrogen) atoms. The van der Waals surface area contributed by atoms with Crippen LogP contribution in [-0.2, 0) is 22.5 Å². The summed E-state index contributed by atoms with van der Waals surface area (Å²) in [5.74, 6) is 0. The van der Waals surface area contributed by atoms with Gasteiger partial charge in [-0.2, -0.15) is 0 Å². The molecule has 0 bridgehead atoms. The summed E-state index contributed by atoms with van der Waals surface area (Å²) in [6, 6.07) is 0. The minimum absolute atomic E-state index is 1.36. The summed E-state index contributed by atoms with van der Waals surface area (Å²) in [4.78, 5) is 0. The molecule has 0 aliphatic heterocycles. The molecule has 44 valence electrons. The molecule has 0 rings (SSSR count). The highest BCUT2D eigenvalue weighted by Crippen LogP contribution is 1.63. The van der Waals surface area contributed by atoms with Crippen LogP contribution in [0.4, 0.5) is 0 Å². The Morgan fingerprint density at radius 3 is 1.43 bits per heavy atom. The molecule has 0 aliphatic carbocycles. The minimum atomic E-state index is -2.40. The van der Waals surface area contributed by atoms with E-state index in [-0.39, 0.29) is 0 Å². The van der Waals surface area contributed by atoms with Crippen LogP contribution in [0.2, 0.25) is 0 Å². The molecule has 0 aromatic rings. The van der Waals surface area contributed by atoms with Gasteiger partial charge in [0.2, 0.25) is 22.5 Å². The maximum absolute atomic E-state index is 9.46. The van der Waals surface area contributed by atoms with Crippen molar-refractivity contribution in [3.63, 3.8) is 0 Å². The molecule has 5 nitrogen and oxygen atoms in total. The van der Waals surface area contributed by atoms with Crippen LogP contribution in [0.15, 0.2) is 0 Å². The molecule has 0 amide bonds. The third-order valence-corrected chi connectivity index (χ3v) is 1.28. The normalized spacial score (nSPS) is 18.6. The third-order valence-electron chi connectivity index (χ3n) is 0.143. The van der Waals surface area contributed by atoms with Gasteiger partial charge >= 0.3 is 0 Å². The van der Waals surface area contributed by atoms with Crippen LogP contribution in [0.3, 0.4) is 0 Å². The average molecular weight is 145 g/mol. The zero-order chi connectivity index (χ0) is 5.86. The lowest BCUT2D eigenvalue weighted by atomic mass is 13.9. The lowest BCUT2D eigenvalue weighted by molar-refractivity contribution is 0.542. The maximum atomic E-state index is 9.46.